The largest absolute Gasteiger partial charge is 0.364 e. The van der Waals surface area contributed by atoms with Crippen molar-refractivity contribution in [3.05, 3.63) is 48.7 Å². The molecule has 0 radical (unpaired) electrons. The van der Waals surface area contributed by atoms with Crippen LogP contribution < -0.4 is 5.32 Å². The van der Waals surface area contributed by atoms with Gasteiger partial charge in [0.25, 0.3) is 0 Å². The maximum absolute atomic E-state index is 4.65. The quantitative estimate of drug-likeness (QED) is 0.789. The molecule has 3 rings (SSSR count). The van der Waals surface area contributed by atoms with Crippen LogP contribution >= 0.6 is 0 Å². The molecule has 3 aromatic rings. The summed E-state index contributed by atoms with van der Waals surface area (Å²) in [6, 6.07) is 8.16. The Morgan fingerprint density at radius 3 is 2.65 bits per heavy atom. The van der Waals surface area contributed by atoms with Gasteiger partial charge in [0.15, 0.2) is 0 Å². The summed E-state index contributed by atoms with van der Waals surface area (Å²) in [5.41, 5.74) is 2.76. The number of aryl methyl sites for hydroxylation is 1. The van der Waals surface area contributed by atoms with E-state index in [9.17, 15) is 0 Å². The van der Waals surface area contributed by atoms with Crippen LogP contribution in [0.3, 0.4) is 0 Å². The third kappa shape index (κ3) is 2.61. The lowest BCUT2D eigenvalue weighted by atomic mass is 10.2. The second-order valence-electron chi connectivity index (χ2n) is 4.95. The number of aromatic nitrogens is 4. The van der Waals surface area contributed by atoms with Gasteiger partial charge in [-0.3, -0.25) is 0 Å². The summed E-state index contributed by atoms with van der Waals surface area (Å²) < 4.78 is 2.04. The van der Waals surface area contributed by atoms with Gasteiger partial charge in [-0.2, -0.15) is 0 Å². The molecule has 0 aliphatic heterocycles. The molecule has 0 spiro atoms. The molecule has 1 aromatic carbocycles. The summed E-state index contributed by atoms with van der Waals surface area (Å²) >= 11 is 0. The Morgan fingerprint density at radius 1 is 1.20 bits per heavy atom. The molecule has 1 atom stereocenters. The highest BCUT2D eigenvalue weighted by atomic mass is 15.1. The summed E-state index contributed by atoms with van der Waals surface area (Å²) in [5, 5.41) is 3.42. The zero-order chi connectivity index (χ0) is 13.9. The molecule has 0 bridgehead atoms. The molecule has 1 N–H and O–H groups in total. The van der Waals surface area contributed by atoms with Crippen LogP contribution in [0.2, 0.25) is 0 Å². The third-order valence-electron chi connectivity index (χ3n) is 3.17. The number of hydrogen-bond acceptors (Lipinski definition) is 4. The van der Waals surface area contributed by atoms with Gasteiger partial charge in [-0.25, -0.2) is 15.0 Å². The Labute approximate surface area is 117 Å². The van der Waals surface area contributed by atoms with E-state index in [0.717, 1.165) is 29.1 Å². The van der Waals surface area contributed by atoms with Crippen LogP contribution in [0.25, 0.3) is 11.0 Å². The molecule has 0 saturated carbocycles. The molecule has 0 amide bonds. The standard InChI is InChI=1S/C15H17N5/c1-11(9-20-8-7-16-10-20)17-15-12(2)18-13-5-3-4-6-14(13)19-15/h3-8,10-11H,9H2,1-2H3,(H,17,19). The Bertz CT molecular complexity index is 705. The van der Waals surface area contributed by atoms with Crippen molar-refractivity contribution in [2.75, 3.05) is 5.32 Å². The van der Waals surface area contributed by atoms with Crippen molar-refractivity contribution in [3.63, 3.8) is 0 Å². The Hall–Kier alpha value is -2.43. The molecule has 5 nitrogen and oxygen atoms in total. The molecule has 2 heterocycles. The number of nitrogens with zero attached hydrogens (tertiary/aromatic N) is 4. The number of hydrogen-bond donors (Lipinski definition) is 1. The van der Waals surface area contributed by atoms with Crippen LogP contribution in [0.1, 0.15) is 12.6 Å². The minimum atomic E-state index is 0.248. The van der Waals surface area contributed by atoms with E-state index in [2.05, 4.69) is 27.2 Å². The van der Waals surface area contributed by atoms with E-state index in [4.69, 9.17) is 0 Å². The number of imidazole rings is 1. The molecule has 1 unspecified atom stereocenters. The van der Waals surface area contributed by atoms with Gasteiger partial charge in [-0.15, -0.1) is 0 Å². The number of fused-ring (bicyclic) bond motifs is 1. The minimum Gasteiger partial charge on any atom is -0.364 e. The summed E-state index contributed by atoms with van der Waals surface area (Å²) in [5.74, 6) is 0.844. The van der Waals surface area contributed by atoms with E-state index in [0.29, 0.717) is 0 Å². The van der Waals surface area contributed by atoms with Gasteiger partial charge in [-0.05, 0) is 26.0 Å². The van der Waals surface area contributed by atoms with E-state index >= 15 is 0 Å². The fourth-order valence-electron chi connectivity index (χ4n) is 2.21. The summed E-state index contributed by atoms with van der Waals surface area (Å²) in [4.78, 5) is 13.3. The summed E-state index contributed by atoms with van der Waals surface area (Å²) in [6.07, 6.45) is 5.56. The number of anilines is 1. The first kappa shape index (κ1) is 12.6. The van der Waals surface area contributed by atoms with E-state index < -0.39 is 0 Å². The first-order chi connectivity index (χ1) is 9.72. The maximum atomic E-state index is 4.65. The molecule has 0 aliphatic carbocycles. The Balaban J connectivity index is 1.81. The molecule has 5 heteroatoms. The fraction of sp³-hybridized carbons (Fsp3) is 0.267. The number of nitrogens with one attached hydrogen (secondary N) is 1. The van der Waals surface area contributed by atoms with Gasteiger partial charge in [0.05, 0.1) is 23.1 Å². The maximum Gasteiger partial charge on any atom is 0.148 e. The van der Waals surface area contributed by atoms with Crippen LogP contribution in [0.4, 0.5) is 5.82 Å². The van der Waals surface area contributed by atoms with Gasteiger partial charge >= 0.3 is 0 Å². The fourth-order valence-corrected chi connectivity index (χ4v) is 2.21. The van der Waals surface area contributed by atoms with Crippen molar-refractivity contribution in [1.29, 1.82) is 0 Å². The van der Waals surface area contributed by atoms with E-state index in [1.165, 1.54) is 0 Å². The van der Waals surface area contributed by atoms with Gasteiger partial charge < -0.3 is 9.88 Å². The van der Waals surface area contributed by atoms with Crippen molar-refractivity contribution in [3.8, 4) is 0 Å². The first-order valence-electron chi connectivity index (χ1n) is 6.68. The molecular formula is C15H17N5. The number of para-hydroxylation sites is 2. The minimum absolute atomic E-state index is 0.248. The van der Waals surface area contributed by atoms with Crippen LogP contribution in [0.15, 0.2) is 43.0 Å². The molecule has 0 saturated heterocycles. The van der Waals surface area contributed by atoms with Crippen LogP contribution in [0, 0.1) is 6.92 Å². The number of rotatable bonds is 4. The van der Waals surface area contributed by atoms with Gasteiger partial charge in [0.1, 0.15) is 5.82 Å². The molecule has 2 aromatic heterocycles. The molecular weight excluding hydrogens is 250 g/mol. The molecule has 20 heavy (non-hydrogen) atoms. The van der Waals surface area contributed by atoms with Crippen molar-refractivity contribution >= 4 is 16.9 Å². The normalized spacial score (nSPS) is 12.5. The summed E-state index contributed by atoms with van der Waals surface area (Å²) in [6.45, 7) is 4.94. The molecule has 0 aliphatic rings. The summed E-state index contributed by atoms with van der Waals surface area (Å²) in [7, 11) is 0. The lowest BCUT2D eigenvalue weighted by Gasteiger charge is -2.16. The lowest BCUT2D eigenvalue weighted by molar-refractivity contribution is 0.616. The van der Waals surface area contributed by atoms with Crippen LogP contribution in [0.5, 0.6) is 0 Å². The van der Waals surface area contributed by atoms with Gasteiger partial charge in [0, 0.05) is 25.0 Å². The van der Waals surface area contributed by atoms with Gasteiger partial charge in [0.2, 0.25) is 0 Å². The zero-order valence-electron chi connectivity index (χ0n) is 11.6. The zero-order valence-corrected chi connectivity index (χ0v) is 11.6. The molecule has 102 valence electrons. The third-order valence-corrected chi connectivity index (χ3v) is 3.17. The van der Waals surface area contributed by atoms with Crippen molar-refractivity contribution in [2.24, 2.45) is 0 Å². The van der Waals surface area contributed by atoms with Crippen LogP contribution in [-0.2, 0) is 6.54 Å². The second kappa shape index (κ2) is 5.28. The highest BCUT2D eigenvalue weighted by Crippen LogP contribution is 2.16. The predicted molar refractivity (Wildman–Crippen MR) is 79.6 cm³/mol. The van der Waals surface area contributed by atoms with Crippen molar-refractivity contribution in [2.45, 2.75) is 26.4 Å². The topological polar surface area (TPSA) is 55.6 Å². The number of benzene rings is 1. The lowest BCUT2D eigenvalue weighted by Crippen LogP contribution is -2.22. The van der Waals surface area contributed by atoms with Crippen molar-refractivity contribution in [1.82, 2.24) is 19.5 Å². The molecule has 0 fully saturated rings. The second-order valence-corrected chi connectivity index (χ2v) is 4.95. The Kier molecular flexibility index (Phi) is 3.33. The smallest absolute Gasteiger partial charge is 0.148 e. The SMILES string of the molecule is Cc1nc2ccccc2nc1NC(C)Cn1ccnc1. The highest BCUT2D eigenvalue weighted by Gasteiger charge is 2.08. The average molecular weight is 267 g/mol. The van der Waals surface area contributed by atoms with E-state index in [1.54, 1.807) is 6.20 Å². The average Bonchev–Trinajstić information content (AvgIpc) is 2.92. The monoisotopic (exact) mass is 267 g/mol. The highest BCUT2D eigenvalue weighted by molar-refractivity contribution is 5.76. The van der Waals surface area contributed by atoms with E-state index in [-0.39, 0.29) is 6.04 Å². The predicted octanol–water partition coefficient (Wildman–Crippen LogP) is 2.64. The van der Waals surface area contributed by atoms with Crippen molar-refractivity contribution < 1.29 is 0 Å². The first-order valence-corrected chi connectivity index (χ1v) is 6.68. The van der Waals surface area contributed by atoms with Crippen LogP contribution in [-0.4, -0.2) is 25.6 Å². The van der Waals surface area contributed by atoms with E-state index in [1.807, 2.05) is 48.3 Å². The Morgan fingerprint density at radius 2 is 1.95 bits per heavy atom. The van der Waals surface area contributed by atoms with Gasteiger partial charge in [-0.1, -0.05) is 12.1 Å².